The van der Waals surface area contributed by atoms with Gasteiger partial charge in [-0.2, -0.15) is 0 Å². The molecular formula is C18H11ClN2S. The Hall–Kier alpha value is -2.23. The summed E-state index contributed by atoms with van der Waals surface area (Å²) in [7, 11) is 0. The quantitative estimate of drug-likeness (QED) is 0.474. The largest absolute Gasteiger partial charge is 0.227 e. The molecule has 0 aliphatic rings. The van der Waals surface area contributed by atoms with Crippen molar-refractivity contribution < 1.29 is 0 Å². The van der Waals surface area contributed by atoms with Gasteiger partial charge in [0, 0.05) is 16.0 Å². The van der Waals surface area contributed by atoms with Crippen LogP contribution in [0.4, 0.5) is 0 Å². The molecule has 4 aromatic rings. The third-order valence-corrected chi connectivity index (χ3v) is 4.55. The lowest BCUT2D eigenvalue weighted by atomic mass is 10.1. The molecule has 2 heterocycles. The van der Waals surface area contributed by atoms with Crippen molar-refractivity contribution in [2.45, 2.75) is 0 Å². The summed E-state index contributed by atoms with van der Waals surface area (Å²) in [5.74, 6) is 0.739. The monoisotopic (exact) mass is 322 g/mol. The van der Waals surface area contributed by atoms with Crippen LogP contribution in [0.15, 0.2) is 66.0 Å². The van der Waals surface area contributed by atoms with Gasteiger partial charge in [-0.05, 0) is 29.6 Å². The number of halogens is 1. The molecule has 4 heteroatoms. The maximum atomic E-state index is 6.14. The first-order valence-electron chi connectivity index (χ1n) is 6.88. The molecule has 0 spiro atoms. The summed E-state index contributed by atoms with van der Waals surface area (Å²) in [6.07, 6.45) is 0. The van der Waals surface area contributed by atoms with Gasteiger partial charge in [0.15, 0.2) is 5.82 Å². The minimum absolute atomic E-state index is 0.683. The Balaban J connectivity index is 2.05. The molecule has 2 aromatic heterocycles. The summed E-state index contributed by atoms with van der Waals surface area (Å²) in [6, 6.07) is 20.0. The second-order valence-corrected chi connectivity index (χ2v) is 6.28. The van der Waals surface area contributed by atoms with Crippen molar-refractivity contribution in [2.75, 3.05) is 0 Å². The second kappa shape index (κ2) is 5.52. The number of benzene rings is 2. The van der Waals surface area contributed by atoms with Gasteiger partial charge >= 0.3 is 0 Å². The molecule has 0 aliphatic heterocycles. The van der Waals surface area contributed by atoms with Crippen LogP contribution in [0.5, 0.6) is 0 Å². The van der Waals surface area contributed by atoms with Crippen molar-refractivity contribution in [3.8, 4) is 22.0 Å². The summed E-state index contributed by atoms with van der Waals surface area (Å²) in [4.78, 5) is 10.5. The molecule has 0 aliphatic carbocycles. The van der Waals surface area contributed by atoms with E-state index in [-0.39, 0.29) is 0 Å². The topological polar surface area (TPSA) is 25.8 Å². The zero-order chi connectivity index (χ0) is 14.9. The SMILES string of the molecule is Clc1ccc2c(-c3ccccc3)nc(-c3cccs3)nc2c1. The first-order chi connectivity index (χ1) is 10.8. The molecule has 4 rings (SSSR count). The highest BCUT2D eigenvalue weighted by molar-refractivity contribution is 7.13. The first-order valence-corrected chi connectivity index (χ1v) is 8.13. The first kappa shape index (κ1) is 13.4. The van der Waals surface area contributed by atoms with Gasteiger partial charge < -0.3 is 0 Å². The van der Waals surface area contributed by atoms with Gasteiger partial charge in [0.1, 0.15) is 0 Å². The number of hydrogen-bond acceptors (Lipinski definition) is 3. The molecule has 106 valence electrons. The molecule has 0 saturated carbocycles. The van der Waals surface area contributed by atoms with E-state index in [0.717, 1.165) is 32.9 Å². The van der Waals surface area contributed by atoms with Crippen molar-refractivity contribution in [3.63, 3.8) is 0 Å². The van der Waals surface area contributed by atoms with E-state index in [9.17, 15) is 0 Å². The van der Waals surface area contributed by atoms with Crippen molar-refractivity contribution in [2.24, 2.45) is 0 Å². The Labute approximate surface area is 137 Å². The van der Waals surface area contributed by atoms with Crippen LogP contribution >= 0.6 is 22.9 Å². The zero-order valence-electron chi connectivity index (χ0n) is 11.5. The third kappa shape index (κ3) is 2.39. The smallest absolute Gasteiger partial charge is 0.170 e. The van der Waals surface area contributed by atoms with Crippen LogP contribution < -0.4 is 0 Å². The van der Waals surface area contributed by atoms with E-state index < -0.39 is 0 Å². The highest BCUT2D eigenvalue weighted by Gasteiger charge is 2.12. The summed E-state index contributed by atoms with van der Waals surface area (Å²) in [5, 5.41) is 3.72. The fraction of sp³-hybridized carbons (Fsp3) is 0. The van der Waals surface area contributed by atoms with Crippen LogP contribution in [0.2, 0.25) is 5.02 Å². The lowest BCUT2D eigenvalue weighted by Gasteiger charge is -2.08. The zero-order valence-corrected chi connectivity index (χ0v) is 13.1. The summed E-state index contributed by atoms with van der Waals surface area (Å²) < 4.78 is 0. The average Bonchev–Trinajstić information content (AvgIpc) is 3.09. The molecule has 22 heavy (non-hydrogen) atoms. The van der Waals surface area contributed by atoms with Crippen LogP contribution in [0, 0.1) is 0 Å². The minimum atomic E-state index is 0.683. The standard InChI is InChI=1S/C18H11ClN2S/c19-13-8-9-14-15(11-13)20-18(16-7-4-10-22-16)21-17(14)12-5-2-1-3-6-12/h1-11H. The van der Waals surface area contributed by atoms with Gasteiger partial charge in [0.05, 0.1) is 16.1 Å². The van der Waals surface area contributed by atoms with Crippen LogP contribution in [-0.2, 0) is 0 Å². The van der Waals surface area contributed by atoms with Gasteiger partial charge in [-0.3, -0.25) is 0 Å². The third-order valence-electron chi connectivity index (χ3n) is 3.45. The van der Waals surface area contributed by atoms with Gasteiger partial charge in [0.2, 0.25) is 0 Å². The van der Waals surface area contributed by atoms with Crippen molar-refractivity contribution >= 4 is 33.8 Å². The van der Waals surface area contributed by atoms with E-state index in [1.54, 1.807) is 11.3 Å². The summed E-state index contributed by atoms with van der Waals surface area (Å²) in [5.41, 5.74) is 2.88. The maximum Gasteiger partial charge on any atom is 0.170 e. The molecule has 0 bridgehead atoms. The molecular weight excluding hydrogens is 312 g/mol. The Morgan fingerprint density at radius 1 is 0.864 bits per heavy atom. The van der Waals surface area contributed by atoms with Crippen LogP contribution in [0.3, 0.4) is 0 Å². The number of fused-ring (bicyclic) bond motifs is 1. The highest BCUT2D eigenvalue weighted by Crippen LogP contribution is 2.31. The number of thiophene rings is 1. The minimum Gasteiger partial charge on any atom is -0.227 e. The predicted molar refractivity (Wildman–Crippen MR) is 93.3 cm³/mol. The Morgan fingerprint density at radius 3 is 2.50 bits per heavy atom. The van der Waals surface area contributed by atoms with Gasteiger partial charge in [0.25, 0.3) is 0 Å². The second-order valence-electron chi connectivity index (χ2n) is 4.90. The fourth-order valence-electron chi connectivity index (χ4n) is 2.43. The molecule has 0 amide bonds. The van der Waals surface area contributed by atoms with E-state index >= 15 is 0 Å². The van der Waals surface area contributed by atoms with Crippen molar-refractivity contribution in [1.29, 1.82) is 0 Å². The van der Waals surface area contributed by atoms with Crippen LogP contribution in [0.25, 0.3) is 32.9 Å². The van der Waals surface area contributed by atoms with E-state index in [4.69, 9.17) is 16.6 Å². The Morgan fingerprint density at radius 2 is 1.73 bits per heavy atom. The average molecular weight is 323 g/mol. The predicted octanol–water partition coefficient (Wildman–Crippen LogP) is 5.68. The van der Waals surface area contributed by atoms with E-state index in [2.05, 4.69) is 17.1 Å². The molecule has 0 saturated heterocycles. The van der Waals surface area contributed by atoms with Gasteiger partial charge in [-0.15, -0.1) is 11.3 Å². The number of hydrogen-bond donors (Lipinski definition) is 0. The molecule has 0 atom stereocenters. The van der Waals surface area contributed by atoms with Crippen molar-refractivity contribution in [3.05, 3.63) is 71.1 Å². The number of nitrogens with zero attached hydrogens (tertiary/aromatic N) is 2. The number of rotatable bonds is 2. The Bertz CT molecular complexity index is 934. The highest BCUT2D eigenvalue weighted by atomic mass is 35.5. The van der Waals surface area contributed by atoms with Crippen LogP contribution in [-0.4, -0.2) is 9.97 Å². The normalized spacial score (nSPS) is 11.0. The van der Waals surface area contributed by atoms with E-state index in [1.165, 1.54) is 0 Å². The molecule has 2 aromatic carbocycles. The summed E-state index contributed by atoms with van der Waals surface area (Å²) in [6.45, 7) is 0. The van der Waals surface area contributed by atoms with Gasteiger partial charge in [-0.1, -0.05) is 48.0 Å². The molecule has 0 N–H and O–H groups in total. The van der Waals surface area contributed by atoms with Crippen molar-refractivity contribution in [1.82, 2.24) is 9.97 Å². The van der Waals surface area contributed by atoms with Crippen LogP contribution in [0.1, 0.15) is 0 Å². The van der Waals surface area contributed by atoms with E-state index in [1.807, 2.05) is 53.9 Å². The molecule has 0 unspecified atom stereocenters. The molecule has 2 nitrogen and oxygen atoms in total. The van der Waals surface area contributed by atoms with Gasteiger partial charge in [-0.25, -0.2) is 9.97 Å². The maximum absolute atomic E-state index is 6.14. The molecule has 0 radical (unpaired) electrons. The lowest BCUT2D eigenvalue weighted by molar-refractivity contribution is 1.24. The fourth-order valence-corrected chi connectivity index (χ4v) is 3.26. The molecule has 0 fully saturated rings. The lowest BCUT2D eigenvalue weighted by Crippen LogP contribution is -1.93. The Kier molecular flexibility index (Phi) is 3.37. The summed E-state index contributed by atoms with van der Waals surface area (Å²) >= 11 is 7.77. The van der Waals surface area contributed by atoms with E-state index in [0.29, 0.717) is 5.02 Å². The number of aromatic nitrogens is 2.